The molecule has 94 valence electrons. The summed E-state index contributed by atoms with van der Waals surface area (Å²) in [6.07, 6.45) is 0. The summed E-state index contributed by atoms with van der Waals surface area (Å²) in [6, 6.07) is 3.75. The molecule has 5 heteroatoms. The lowest BCUT2D eigenvalue weighted by Gasteiger charge is -2.17. The molecule has 0 fully saturated rings. The van der Waals surface area contributed by atoms with Crippen molar-refractivity contribution in [3.8, 4) is 0 Å². The van der Waals surface area contributed by atoms with Crippen molar-refractivity contribution < 1.29 is 4.79 Å². The van der Waals surface area contributed by atoms with Crippen LogP contribution in [0.1, 0.15) is 19.4 Å². The molecule has 2 N–H and O–H groups in total. The number of rotatable bonds is 4. The normalized spacial score (nSPS) is 12.1. The van der Waals surface area contributed by atoms with Crippen molar-refractivity contribution in [3.63, 3.8) is 0 Å². The minimum atomic E-state index is -0.273. The summed E-state index contributed by atoms with van der Waals surface area (Å²) >= 11 is 6.98. The van der Waals surface area contributed by atoms with Gasteiger partial charge in [-0.15, -0.1) is 0 Å². The average molecular weight is 364 g/mol. The Balaban J connectivity index is 2.85. The van der Waals surface area contributed by atoms with Gasteiger partial charge in [-0.2, -0.15) is 0 Å². The van der Waals surface area contributed by atoms with Crippen molar-refractivity contribution in [2.24, 2.45) is 0 Å². The van der Waals surface area contributed by atoms with Crippen molar-refractivity contribution >= 4 is 43.5 Å². The highest BCUT2D eigenvalue weighted by Crippen LogP contribution is 2.32. The third-order valence-corrected chi connectivity index (χ3v) is 3.54. The van der Waals surface area contributed by atoms with E-state index in [2.05, 4.69) is 42.5 Å². The number of carbonyl (C=O) groups excluding carboxylic acids is 1. The van der Waals surface area contributed by atoms with Gasteiger partial charge in [0, 0.05) is 15.5 Å². The van der Waals surface area contributed by atoms with E-state index in [9.17, 15) is 4.79 Å². The van der Waals surface area contributed by atoms with Gasteiger partial charge in [-0.3, -0.25) is 4.79 Å². The van der Waals surface area contributed by atoms with Crippen molar-refractivity contribution in [3.05, 3.63) is 26.6 Å². The Morgan fingerprint density at radius 2 is 1.88 bits per heavy atom. The Bertz CT molecular complexity index is 398. The smallest absolute Gasteiger partial charge is 0.242 e. The Kier molecular flexibility index (Phi) is 5.46. The fourth-order valence-electron chi connectivity index (χ4n) is 1.45. The van der Waals surface area contributed by atoms with Gasteiger partial charge in [-0.1, -0.05) is 0 Å². The fraction of sp³-hybridized carbons (Fsp3) is 0.417. The molecular formula is C12H16Br2N2O. The first-order valence-corrected chi connectivity index (χ1v) is 7.04. The van der Waals surface area contributed by atoms with Crippen LogP contribution in [0.15, 0.2) is 21.1 Å². The number of hydrogen-bond acceptors (Lipinski definition) is 2. The Morgan fingerprint density at radius 1 is 1.35 bits per heavy atom. The molecule has 1 atom stereocenters. The highest BCUT2D eigenvalue weighted by Gasteiger charge is 2.14. The van der Waals surface area contributed by atoms with E-state index in [0.29, 0.717) is 6.54 Å². The van der Waals surface area contributed by atoms with Crippen molar-refractivity contribution in [1.29, 1.82) is 0 Å². The number of amides is 1. The summed E-state index contributed by atoms with van der Waals surface area (Å²) in [5, 5.41) is 5.97. The van der Waals surface area contributed by atoms with Crippen LogP contribution < -0.4 is 10.6 Å². The van der Waals surface area contributed by atoms with E-state index in [0.717, 1.165) is 20.2 Å². The second-order valence-corrected chi connectivity index (χ2v) is 5.57. The van der Waals surface area contributed by atoms with Crippen LogP contribution in [0.5, 0.6) is 0 Å². The molecule has 1 rings (SSSR count). The maximum Gasteiger partial charge on any atom is 0.242 e. The van der Waals surface area contributed by atoms with Crippen LogP contribution in [-0.2, 0) is 4.79 Å². The standard InChI is InChI=1S/C12H16Br2N2O/c1-4-15-12(17)8(3)16-11-9(13)5-7(2)6-10(11)14/h5-6,8,16H,4H2,1-3H3,(H,15,17). The molecule has 0 saturated carbocycles. The minimum absolute atomic E-state index is 0.00752. The topological polar surface area (TPSA) is 41.1 Å². The Morgan fingerprint density at radius 3 is 2.35 bits per heavy atom. The van der Waals surface area contributed by atoms with Gasteiger partial charge in [0.2, 0.25) is 5.91 Å². The molecule has 0 saturated heterocycles. The molecule has 1 aromatic rings. The zero-order valence-electron chi connectivity index (χ0n) is 10.1. The molecule has 0 heterocycles. The maximum absolute atomic E-state index is 11.6. The maximum atomic E-state index is 11.6. The lowest BCUT2D eigenvalue weighted by Crippen LogP contribution is -2.37. The first-order valence-electron chi connectivity index (χ1n) is 5.45. The highest BCUT2D eigenvalue weighted by molar-refractivity contribution is 9.11. The molecule has 0 bridgehead atoms. The molecule has 0 radical (unpaired) electrons. The van der Waals surface area contributed by atoms with Crippen LogP contribution in [0.2, 0.25) is 0 Å². The first kappa shape index (κ1) is 14.5. The van der Waals surface area contributed by atoms with Crippen molar-refractivity contribution in [2.75, 3.05) is 11.9 Å². The zero-order valence-corrected chi connectivity index (χ0v) is 13.3. The van der Waals surface area contributed by atoms with Crippen LogP contribution in [0, 0.1) is 6.92 Å². The van der Waals surface area contributed by atoms with E-state index in [1.54, 1.807) is 0 Å². The summed E-state index contributed by atoms with van der Waals surface area (Å²) in [5.41, 5.74) is 2.05. The molecule has 0 aliphatic rings. The van der Waals surface area contributed by atoms with E-state index in [1.807, 2.05) is 32.9 Å². The summed E-state index contributed by atoms with van der Waals surface area (Å²) in [6.45, 7) is 6.40. The number of likely N-dealkylation sites (N-methyl/N-ethyl adjacent to an activating group) is 1. The van der Waals surface area contributed by atoms with Gasteiger partial charge in [-0.25, -0.2) is 0 Å². The number of halogens is 2. The second-order valence-electron chi connectivity index (χ2n) is 3.86. The van der Waals surface area contributed by atoms with E-state index >= 15 is 0 Å². The van der Waals surface area contributed by atoms with Gasteiger partial charge in [0.1, 0.15) is 6.04 Å². The molecule has 1 unspecified atom stereocenters. The van der Waals surface area contributed by atoms with E-state index in [-0.39, 0.29) is 11.9 Å². The molecule has 17 heavy (non-hydrogen) atoms. The Labute approximate surface area is 119 Å². The largest absolute Gasteiger partial charge is 0.372 e. The third-order valence-electron chi connectivity index (χ3n) is 2.29. The quantitative estimate of drug-likeness (QED) is 0.860. The van der Waals surface area contributed by atoms with Gasteiger partial charge in [-0.05, 0) is 70.3 Å². The molecule has 0 aromatic heterocycles. The highest BCUT2D eigenvalue weighted by atomic mass is 79.9. The lowest BCUT2D eigenvalue weighted by atomic mass is 10.2. The predicted molar refractivity (Wildman–Crippen MR) is 78.3 cm³/mol. The van der Waals surface area contributed by atoms with Crippen LogP contribution in [-0.4, -0.2) is 18.5 Å². The summed E-state index contributed by atoms with van der Waals surface area (Å²) in [5.74, 6) is -0.00752. The Hall–Kier alpha value is -0.550. The van der Waals surface area contributed by atoms with Crippen molar-refractivity contribution in [2.45, 2.75) is 26.8 Å². The van der Waals surface area contributed by atoms with E-state index in [4.69, 9.17) is 0 Å². The summed E-state index contributed by atoms with van der Waals surface area (Å²) < 4.78 is 1.89. The van der Waals surface area contributed by atoms with Gasteiger partial charge in [0.15, 0.2) is 0 Å². The summed E-state index contributed by atoms with van der Waals surface area (Å²) in [7, 11) is 0. The number of carbonyl (C=O) groups is 1. The lowest BCUT2D eigenvalue weighted by molar-refractivity contribution is -0.121. The van der Waals surface area contributed by atoms with Crippen LogP contribution in [0.25, 0.3) is 0 Å². The van der Waals surface area contributed by atoms with Crippen LogP contribution in [0.3, 0.4) is 0 Å². The van der Waals surface area contributed by atoms with Crippen LogP contribution in [0.4, 0.5) is 5.69 Å². The van der Waals surface area contributed by atoms with Gasteiger partial charge in [0.25, 0.3) is 0 Å². The molecule has 0 aliphatic carbocycles. The van der Waals surface area contributed by atoms with Gasteiger partial charge < -0.3 is 10.6 Å². The first-order chi connectivity index (χ1) is 7.95. The van der Waals surface area contributed by atoms with Crippen LogP contribution >= 0.6 is 31.9 Å². The molecule has 1 amide bonds. The number of hydrogen-bond donors (Lipinski definition) is 2. The third kappa shape index (κ3) is 4.00. The molecule has 0 spiro atoms. The van der Waals surface area contributed by atoms with E-state index in [1.165, 1.54) is 0 Å². The number of nitrogens with one attached hydrogen (secondary N) is 2. The monoisotopic (exact) mass is 362 g/mol. The number of aryl methyl sites for hydroxylation is 1. The molecular weight excluding hydrogens is 348 g/mol. The van der Waals surface area contributed by atoms with Gasteiger partial charge >= 0.3 is 0 Å². The number of benzene rings is 1. The molecule has 3 nitrogen and oxygen atoms in total. The van der Waals surface area contributed by atoms with E-state index < -0.39 is 0 Å². The predicted octanol–water partition coefficient (Wildman–Crippen LogP) is 3.46. The molecule has 1 aromatic carbocycles. The minimum Gasteiger partial charge on any atom is -0.372 e. The zero-order chi connectivity index (χ0) is 13.0. The average Bonchev–Trinajstić information content (AvgIpc) is 2.23. The number of anilines is 1. The second kappa shape index (κ2) is 6.40. The summed E-state index contributed by atoms with van der Waals surface area (Å²) in [4.78, 5) is 11.6. The molecule has 0 aliphatic heterocycles. The van der Waals surface area contributed by atoms with Crippen molar-refractivity contribution in [1.82, 2.24) is 5.32 Å². The fourth-order valence-corrected chi connectivity index (χ4v) is 3.09. The van der Waals surface area contributed by atoms with Gasteiger partial charge in [0.05, 0.1) is 5.69 Å². The SMILES string of the molecule is CCNC(=O)C(C)Nc1c(Br)cc(C)cc1Br.